The molecule has 88 valence electrons. The number of guanidine groups is 1. The van der Waals surface area contributed by atoms with E-state index in [1.165, 1.54) is 0 Å². The zero-order valence-electron chi connectivity index (χ0n) is 8.28. The van der Waals surface area contributed by atoms with Gasteiger partial charge < -0.3 is 11.5 Å². The first-order valence-corrected chi connectivity index (χ1v) is 5.14. The standard InChI is InChI=1S/C9H10Cl2N4.ClH/c10-7-1-2-8(11)6-4-15(3-5(6)7)14-9(12)13;/h1-2H,3-4H2,(H4,12,13,14);1H. The average molecular weight is 282 g/mol. The van der Waals surface area contributed by atoms with E-state index in [4.69, 9.17) is 34.7 Å². The predicted octanol–water partition coefficient (Wildman–Crippen LogP) is 1.92. The highest BCUT2D eigenvalue weighted by atomic mass is 35.5. The minimum atomic E-state index is 0. The summed E-state index contributed by atoms with van der Waals surface area (Å²) in [6.45, 7) is 1.18. The van der Waals surface area contributed by atoms with Crippen LogP contribution in [0.2, 0.25) is 10.0 Å². The molecule has 0 spiro atoms. The molecule has 2 rings (SSSR count). The fourth-order valence-electron chi connectivity index (χ4n) is 1.63. The van der Waals surface area contributed by atoms with Crippen molar-refractivity contribution in [3.8, 4) is 0 Å². The third kappa shape index (κ3) is 2.45. The van der Waals surface area contributed by atoms with E-state index in [0.717, 1.165) is 11.1 Å². The van der Waals surface area contributed by atoms with Crippen molar-refractivity contribution in [2.75, 3.05) is 0 Å². The van der Waals surface area contributed by atoms with E-state index in [1.54, 1.807) is 17.1 Å². The molecule has 1 heterocycles. The number of fused-ring (bicyclic) bond motifs is 1. The third-order valence-electron chi connectivity index (χ3n) is 2.25. The van der Waals surface area contributed by atoms with Crippen molar-refractivity contribution in [3.05, 3.63) is 33.3 Å². The van der Waals surface area contributed by atoms with Crippen LogP contribution in [0.15, 0.2) is 17.2 Å². The van der Waals surface area contributed by atoms with Gasteiger partial charge in [0.05, 0.1) is 13.1 Å². The van der Waals surface area contributed by atoms with Crippen LogP contribution in [-0.2, 0) is 13.1 Å². The maximum Gasteiger partial charge on any atom is 0.208 e. The number of nitrogens with zero attached hydrogens (tertiary/aromatic N) is 2. The van der Waals surface area contributed by atoms with Crippen LogP contribution in [0.3, 0.4) is 0 Å². The van der Waals surface area contributed by atoms with E-state index < -0.39 is 0 Å². The number of benzene rings is 1. The van der Waals surface area contributed by atoms with Gasteiger partial charge in [-0.2, -0.15) is 0 Å². The lowest BCUT2D eigenvalue weighted by Gasteiger charge is -2.09. The Balaban J connectivity index is 0.00000128. The molecular formula is C9H11Cl3N4. The average Bonchev–Trinajstić information content (AvgIpc) is 2.55. The van der Waals surface area contributed by atoms with Gasteiger partial charge in [-0.25, -0.2) is 0 Å². The molecule has 1 aromatic rings. The molecule has 1 aliphatic heterocycles. The van der Waals surface area contributed by atoms with E-state index in [9.17, 15) is 0 Å². The molecular weight excluding hydrogens is 270 g/mol. The van der Waals surface area contributed by atoms with Crippen molar-refractivity contribution in [2.45, 2.75) is 13.1 Å². The Morgan fingerprint density at radius 3 is 1.94 bits per heavy atom. The van der Waals surface area contributed by atoms with Crippen LogP contribution < -0.4 is 11.5 Å². The van der Waals surface area contributed by atoms with Crippen LogP contribution in [0.1, 0.15) is 11.1 Å². The normalized spacial score (nSPS) is 13.0. The second-order valence-corrected chi connectivity index (χ2v) is 4.15. The summed E-state index contributed by atoms with van der Waals surface area (Å²) in [5.41, 5.74) is 12.6. The molecule has 4 nitrogen and oxygen atoms in total. The second kappa shape index (κ2) is 4.99. The Hall–Kier alpha value is -0.840. The first-order chi connectivity index (χ1) is 7.08. The predicted molar refractivity (Wildman–Crippen MR) is 68.8 cm³/mol. The number of hydrogen-bond donors (Lipinski definition) is 2. The van der Waals surface area contributed by atoms with Crippen molar-refractivity contribution in [1.29, 1.82) is 0 Å². The minimum absolute atomic E-state index is 0. The van der Waals surface area contributed by atoms with Gasteiger partial charge in [0.1, 0.15) is 0 Å². The first kappa shape index (κ1) is 13.2. The summed E-state index contributed by atoms with van der Waals surface area (Å²) in [6, 6.07) is 3.56. The molecule has 1 aromatic carbocycles. The minimum Gasteiger partial charge on any atom is -0.369 e. The van der Waals surface area contributed by atoms with Crippen molar-refractivity contribution in [2.24, 2.45) is 16.6 Å². The summed E-state index contributed by atoms with van der Waals surface area (Å²) in [5, 5.41) is 7.09. The number of rotatable bonds is 1. The maximum atomic E-state index is 6.05. The van der Waals surface area contributed by atoms with Crippen LogP contribution in [-0.4, -0.2) is 11.0 Å². The van der Waals surface area contributed by atoms with Crippen molar-refractivity contribution in [3.63, 3.8) is 0 Å². The number of halogens is 3. The Kier molecular flexibility index (Phi) is 4.13. The summed E-state index contributed by atoms with van der Waals surface area (Å²) in [7, 11) is 0. The second-order valence-electron chi connectivity index (χ2n) is 3.33. The summed E-state index contributed by atoms with van der Waals surface area (Å²) in [4.78, 5) is 0. The number of hydrogen-bond acceptors (Lipinski definition) is 2. The van der Waals surface area contributed by atoms with Gasteiger partial charge in [-0.3, -0.25) is 5.01 Å². The molecule has 4 N–H and O–H groups in total. The van der Waals surface area contributed by atoms with Gasteiger partial charge >= 0.3 is 0 Å². The monoisotopic (exact) mass is 280 g/mol. The summed E-state index contributed by atoms with van der Waals surface area (Å²) >= 11 is 12.1. The maximum absolute atomic E-state index is 6.05. The van der Waals surface area contributed by atoms with Gasteiger partial charge in [-0.05, 0) is 23.3 Å². The molecule has 16 heavy (non-hydrogen) atoms. The lowest BCUT2D eigenvalue weighted by Crippen LogP contribution is -2.26. The van der Waals surface area contributed by atoms with E-state index >= 15 is 0 Å². The quantitative estimate of drug-likeness (QED) is 0.610. The lowest BCUT2D eigenvalue weighted by molar-refractivity contribution is 0.300. The van der Waals surface area contributed by atoms with Crippen molar-refractivity contribution in [1.82, 2.24) is 5.01 Å². The van der Waals surface area contributed by atoms with Crippen molar-refractivity contribution < 1.29 is 0 Å². The Morgan fingerprint density at radius 2 is 1.56 bits per heavy atom. The Morgan fingerprint density at radius 1 is 1.12 bits per heavy atom. The summed E-state index contributed by atoms with van der Waals surface area (Å²) in [5.74, 6) is 0.0371. The van der Waals surface area contributed by atoms with Crippen molar-refractivity contribution >= 4 is 41.6 Å². The summed E-state index contributed by atoms with van der Waals surface area (Å²) in [6.07, 6.45) is 0. The lowest BCUT2D eigenvalue weighted by atomic mass is 10.1. The van der Waals surface area contributed by atoms with Crippen LogP contribution in [0.4, 0.5) is 0 Å². The molecule has 0 aliphatic carbocycles. The van der Waals surface area contributed by atoms with Gasteiger partial charge in [-0.1, -0.05) is 23.2 Å². The molecule has 0 unspecified atom stereocenters. The summed E-state index contributed by atoms with van der Waals surface area (Å²) < 4.78 is 0. The SMILES string of the molecule is Cl.NC(N)=NN1Cc2c(Cl)ccc(Cl)c2C1. The molecule has 0 saturated carbocycles. The number of hydrazone groups is 1. The van der Waals surface area contributed by atoms with Gasteiger partial charge in [0.15, 0.2) is 0 Å². The van der Waals surface area contributed by atoms with E-state index in [2.05, 4.69) is 5.10 Å². The molecule has 0 radical (unpaired) electrons. The molecule has 7 heteroatoms. The van der Waals surface area contributed by atoms with Gasteiger partial charge in [0.2, 0.25) is 5.96 Å². The van der Waals surface area contributed by atoms with Gasteiger partial charge in [-0.15, -0.1) is 17.5 Å². The number of nitrogens with two attached hydrogens (primary N) is 2. The third-order valence-corrected chi connectivity index (χ3v) is 2.96. The van der Waals surface area contributed by atoms with E-state index in [0.29, 0.717) is 23.1 Å². The molecule has 0 saturated heterocycles. The van der Waals surface area contributed by atoms with Crippen LogP contribution in [0, 0.1) is 0 Å². The Labute approximate surface area is 110 Å². The fourth-order valence-corrected chi connectivity index (χ4v) is 2.11. The molecule has 0 amide bonds. The highest BCUT2D eigenvalue weighted by Crippen LogP contribution is 2.34. The molecule has 0 bridgehead atoms. The van der Waals surface area contributed by atoms with Crippen LogP contribution in [0.5, 0.6) is 0 Å². The fraction of sp³-hybridized carbons (Fsp3) is 0.222. The Bertz CT molecular complexity index is 398. The van der Waals surface area contributed by atoms with Gasteiger partial charge in [0, 0.05) is 10.0 Å². The zero-order valence-corrected chi connectivity index (χ0v) is 10.6. The van der Waals surface area contributed by atoms with E-state index in [1.807, 2.05) is 0 Å². The van der Waals surface area contributed by atoms with Crippen LogP contribution in [0.25, 0.3) is 0 Å². The van der Waals surface area contributed by atoms with Gasteiger partial charge in [0.25, 0.3) is 0 Å². The largest absolute Gasteiger partial charge is 0.369 e. The first-order valence-electron chi connectivity index (χ1n) is 4.38. The topological polar surface area (TPSA) is 67.6 Å². The molecule has 0 fully saturated rings. The van der Waals surface area contributed by atoms with E-state index in [-0.39, 0.29) is 18.4 Å². The zero-order chi connectivity index (χ0) is 11.0. The van der Waals surface area contributed by atoms with Crippen LogP contribution >= 0.6 is 35.6 Å². The molecule has 1 aliphatic rings. The highest BCUT2D eigenvalue weighted by Gasteiger charge is 2.22. The molecule has 0 aromatic heterocycles. The smallest absolute Gasteiger partial charge is 0.208 e. The highest BCUT2D eigenvalue weighted by molar-refractivity contribution is 6.34. The molecule has 0 atom stereocenters.